The number of nitrogens with zero attached hydrogens (tertiary/aromatic N) is 3. The molecule has 0 radical (unpaired) electrons. The lowest BCUT2D eigenvalue weighted by atomic mass is 10.2. The average molecular weight is 294 g/mol. The summed E-state index contributed by atoms with van der Waals surface area (Å²) in [5, 5.41) is 11.7. The molecule has 0 aliphatic carbocycles. The zero-order valence-corrected chi connectivity index (χ0v) is 12.1. The molecule has 8 heteroatoms. The fraction of sp³-hybridized carbons (Fsp3) is 0.333. The molecule has 0 aromatic carbocycles. The molecule has 2 rings (SSSR count). The molecule has 7 nitrogen and oxygen atoms in total. The summed E-state index contributed by atoms with van der Waals surface area (Å²) >= 11 is 1.46. The van der Waals surface area contributed by atoms with Crippen LogP contribution in [-0.2, 0) is 0 Å². The van der Waals surface area contributed by atoms with E-state index in [4.69, 9.17) is 5.11 Å². The van der Waals surface area contributed by atoms with Gasteiger partial charge in [0.15, 0.2) is 11.4 Å². The Hall–Kier alpha value is -2.22. The molecule has 0 aliphatic heterocycles. The van der Waals surface area contributed by atoms with E-state index in [9.17, 15) is 9.59 Å². The number of rotatable bonds is 4. The second-order valence-corrected chi connectivity index (χ2v) is 5.24. The van der Waals surface area contributed by atoms with Gasteiger partial charge in [-0.1, -0.05) is 0 Å². The minimum Gasteiger partial charge on any atom is -0.477 e. The summed E-state index contributed by atoms with van der Waals surface area (Å²) in [6.07, 6.45) is 1.20. The van der Waals surface area contributed by atoms with Gasteiger partial charge in [-0.05, 0) is 13.8 Å². The van der Waals surface area contributed by atoms with Gasteiger partial charge >= 0.3 is 5.97 Å². The molecule has 1 atom stereocenters. The highest BCUT2D eigenvalue weighted by Crippen LogP contribution is 2.24. The van der Waals surface area contributed by atoms with Crippen LogP contribution in [0.25, 0.3) is 0 Å². The number of aromatic amines is 1. The van der Waals surface area contributed by atoms with E-state index < -0.39 is 11.9 Å². The smallest absolute Gasteiger partial charge is 0.354 e. The van der Waals surface area contributed by atoms with Crippen LogP contribution in [0.1, 0.15) is 44.6 Å². The number of carbonyl (C=O) groups excluding carboxylic acids is 1. The maximum absolute atomic E-state index is 12.3. The first-order valence-electron chi connectivity index (χ1n) is 5.87. The highest BCUT2D eigenvalue weighted by molar-refractivity contribution is 7.09. The highest BCUT2D eigenvalue weighted by atomic mass is 32.1. The van der Waals surface area contributed by atoms with Crippen molar-refractivity contribution in [2.75, 3.05) is 7.05 Å². The average Bonchev–Trinajstić information content (AvgIpc) is 3.04. The molecular formula is C12H14N4O3S. The largest absolute Gasteiger partial charge is 0.477 e. The van der Waals surface area contributed by atoms with Crippen molar-refractivity contribution in [3.63, 3.8) is 0 Å². The van der Waals surface area contributed by atoms with E-state index >= 15 is 0 Å². The third kappa shape index (κ3) is 2.55. The first-order chi connectivity index (χ1) is 9.41. The van der Waals surface area contributed by atoms with Gasteiger partial charge in [0.1, 0.15) is 5.01 Å². The molecule has 0 spiro atoms. The molecule has 0 aliphatic rings. The van der Waals surface area contributed by atoms with Gasteiger partial charge in [-0.25, -0.2) is 14.8 Å². The molecule has 2 aromatic heterocycles. The number of hydrogen-bond donors (Lipinski definition) is 2. The van der Waals surface area contributed by atoms with E-state index in [2.05, 4.69) is 15.0 Å². The van der Waals surface area contributed by atoms with Gasteiger partial charge in [0.25, 0.3) is 5.91 Å². The van der Waals surface area contributed by atoms with Gasteiger partial charge in [0.05, 0.1) is 12.4 Å². The van der Waals surface area contributed by atoms with Crippen LogP contribution in [0.3, 0.4) is 0 Å². The predicted molar refractivity (Wildman–Crippen MR) is 72.9 cm³/mol. The minimum absolute atomic E-state index is 0.0971. The first kappa shape index (κ1) is 14.2. The number of nitrogens with one attached hydrogen (secondary N) is 1. The number of thiazole rings is 1. The molecule has 1 amide bonds. The lowest BCUT2D eigenvalue weighted by Gasteiger charge is -2.22. The number of hydrogen-bond acceptors (Lipinski definition) is 5. The number of aromatic carboxylic acids is 1. The second kappa shape index (κ2) is 5.41. The molecule has 0 saturated carbocycles. The van der Waals surface area contributed by atoms with Crippen molar-refractivity contribution in [3.05, 3.63) is 33.8 Å². The van der Waals surface area contributed by atoms with Gasteiger partial charge in [0.2, 0.25) is 0 Å². The molecule has 0 fully saturated rings. The molecule has 2 N–H and O–H groups in total. The van der Waals surface area contributed by atoms with E-state index in [1.54, 1.807) is 7.05 Å². The lowest BCUT2D eigenvalue weighted by molar-refractivity contribution is 0.0665. The Labute approximate surface area is 119 Å². The number of H-pyrrole nitrogens is 1. The number of carboxylic acid groups (broad SMARTS) is 1. The summed E-state index contributed by atoms with van der Waals surface area (Å²) in [5.74, 6) is -1.67. The van der Waals surface area contributed by atoms with E-state index in [0.29, 0.717) is 0 Å². The Morgan fingerprint density at radius 1 is 1.50 bits per heavy atom. The first-order valence-corrected chi connectivity index (χ1v) is 6.75. The SMILES string of the molecule is Cc1csc(C(C)N(C)C(=O)c2nc[nH]c2C(=O)O)n1. The van der Waals surface area contributed by atoms with Crippen molar-refractivity contribution in [1.82, 2.24) is 19.9 Å². The quantitative estimate of drug-likeness (QED) is 0.894. The molecule has 2 aromatic rings. The lowest BCUT2D eigenvalue weighted by Crippen LogP contribution is -2.31. The third-order valence-corrected chi connectivity index (χ3v) is 4.08. The molecular weight excluding hydrogens is 280 g/mol. The Morgan fingerprint density at radius 3 is 2.75 bits per heavy atom. The van der Waals surface area contributed by atoms with Gasteiger partial charge in [-0.15, -0.1) is 11.3 Å². The van der Waals surface area contributed by atoms with Crippen molar-refractivity contribution < 1.29 is 14.7 Å². The van der Waals surface area contributed by atoms with Gasteiger partial charge in [-0.2, -0.15) is 0 Å². The van der Waals surface area contributed by atoms with Crippen molar-refractivity contribution in [3.8, 4) is 0 Å². The van der Waals surface area contributed by atoms with Crippen molar-refractivity contribution in [2.24, 2.45) is 0 Å². The summed E-state index contributed by atoms with van der Waals surface area (Å²) < 4.78 is 0. The van der Waals surface area contributed by atoms with Crippen LogP contribution in [0, 0.1) is 6.92 Å². The fourth-order valence-electron chi connectivity index (χ4n) is 1.69. The zero-order chi connectivity index (χ0) is 14.9. The molecule has 0 bridgehead atoms. The topological polar surface area (TPSA) is 99.2 Å². The molecule has 20 heavy (non-hydrogen) atoms. The van der Waals surface area contributed by atoms with Gasteiger partial charge in [0, 0.05) is 18.1 Å². The Bertz CT molecular complexity index is 649. The van der Waals surface area contributed by atoms with Gasteiger partial charge in [-0.3, -0.25) is 4.79 Å². The van der Waals surface area contributed by atoms with E-state index in [0.717, 1.165) is 10.7 Å². The van der Waals surface area contributed by atoms with Crippen LogP contribution in [0.2, 0.25) is 0 Å². The van der Waals surface area contributed by atoms with Crippen LogP contribution >= 0.6 is 11.3 Å². The monoisotopic (exact) mass is 294 g/mol. The van der Waals surface area contributed by atoms with E-state index in [1.807, 2.05) is 19.2 Å². The number of aromatic nitrogens is 3. The van der Waals surface area contributed by atoms with Crippen molar-refractivity contribution in [2.45, 2.75) is 19.9 Å². The Kier molecular flexibility index (Phi) is 3.84. The number of carbonyl (C=O) groups is 2. The number of amides is 1. The van der Waals surface area contributed by atoms with Crippen LogP contribution in [0.4, 0.5) is 0 Å². The fourth-order valence-corrected chi connectivity index (χ4v) is 2.59. The van der Waals surface area contributed by atoms with Crippen LogP contribution < -0.4 is 0 Å². The summed E-state index contributed by atoms with van der Waals surface area (Å²) in [4.78, 5) is 35.3. The zero-order valence-electron chi connectivity index (χ0n) is 11.2. The summed E-state index contributed by atoms with van der Waals surface area (Å²) in [6.45, 7) is 3.72. The third-order valence-electron chi connectivity index (χ3n) is 2.95. The van der Waals surface area contributed by atoms with Crippen molar-refractivity contribution >= 4 is 23.2 Å². The maximum Gasteiger partial charge on any atom is 0.354 e. The standard InChI is InChI=1S/C12H14N4O3S/c1-6-4-20-10(15-6)7(2)16(3)11(17)8-9(12(18)19)14-5-13-8/h4-5,7H,1-3H3,(H,13,14)(H,18,19). The van der Waals surface area contributed by atoms with E-state index in [-0.39, 0.29) is 17.4 Å². The normalized spacial score (nSPS) is 12.2. The molecule has 0 saturated heterocycles. The summed E-state index contributed by atoms with van der Waals surface area (Å²) in [5.41, 5.74) is 0.591. The number of imidazole rings is 1. The predicted octanol–water partition coefficient (Wildman–Crippen LogP) is 1.71. The molecule has 1 unspecified atom stereocenters. The van der Waals surface area contributed by atoms with E-state index in [1.165, 1.54) is 22.6 Å². The summed E-state index contributed by atoms with van der Waals surface area (Å²) in [6, 6.07) is -0.250. The van der Waals surface area contributed by atoms with Crippen LogP contribution in [0.5, 0.6) is 0 Å². The molecule has 106 valence electrons. The highest BCUT2D eigenvalue weighted by Gasteiger charge is 2.26. The maximum atomic E-state index is 12.3. The molecule has 2 heterocycles. The minimum atomic E-state index is -1.21. The van der Waals surface area contributed by atoms with Gasteiger partial charge < -0.3 is 15.0 Å². The summed E-state index contributed by atoms with van der Waals surface area (Å²) in [7, 11) is 1.60. The Balaban J connectivity index is 2.24. The number of carboxylic acids is 1. The van der Waals surface area contributed by atoms with Crippen molar-refractivity contribution in [1.29, 1.82) is 0 Å². The Morgan fingerprint density at radius 2 is 2.20 bits per heavy atom. The van der Waals surface area contributed by atoms with Crippen LogP contribution in [0.15, 0.2) is 11.7 Å². The van der Waals surface area contributed by atoms with Crippen LogP contribution in [-0.4, -0.2) is 43.9 Å². The second-order valence-electron chi connectivity index (χ2n) is 4.35. The number of aryl methyl sites for hydroxylation is 1.